The molecule has 0 spiro atoms. The molecule has 2 aliphatic rings. The van der Waals surface area contributed by atoms with E-state index in [1.54, 1.807) is 10.4 Å². The molecule has 1 fully saturated rings. The van der Waals surface area contributed by atoms with Crippen LogP contribution in [-0.2, 0) is 6.42 Å². The molecule has 2 nitrogen and oxygen atoms in total. The van der Waals surface area contributed by atoms with Crippen LogP contribution in [0.2, 0.25) is 0 Å². The summed E-state index contributed by atoms with van der Waals surface area (Å²) in [5.74, 6) is 0.953. The predicted molar refractivity (Wildman–Crippen MR) is 82.8 cm³/mol. The first-order chi connectivity index (χ1) is 9.33. The van der Waals surface area contributed by atoms with Crippen LogP contribution in [0, 0.1) is 5.92 Å². The average Bonchev–Trinajstić information content (AvgIpc) is 2.90. The number of nitrogens with one attached hydrogen (secondary N) is 1. The summed E-state index contributed by atoms with van der Waals surface area (Å²) in [6.07, 6.45) is 8.15. The fourth-order valence-electron chi connectivity index (χ4n) is 3.51. The standard InChI is InChI=1S/C16H26N2S/c1-18-10-6-13(7-11-18)5-9-17-15-3-2-4-16-14(15)8-12-19-16/h8,12-13,15,17H,2-7,9-11H2,1H3. The summed E-state index contributed by atoms with van der Waals surface area (Å²) in [7, 11) is 2.24. The molecule has 3 heteroatoms. The van der Waals surface area contributed by atoms with Crippen LogP contribution in [0.25, 0.3) is 0 Å². The maximum atomic E-state index is 3.82. The Balaban J connectivity index is 1.44. The van der Waals surface area contributed by atoms with Gasteiger partial charge in [0.1, 0.15) is 0 Å². The number of likely N-dealkylation sites (tertiary alicyclic amines) is 1. The summed E-state index contributed by atoms with van der Waals surface area (Å²) < 4.78 is 0. The topological polar surface area (TPSA) is 15.3 Å². The molecule has 1 aliphatic carbocycles. The van der Waals surface area contributed by atoms with Crippen LogP contribution in [0.4, 0.5) is 0 Å². The van der Waals surface area contributed by atoms with E-state index in [4.69, 9.17) is 0 Å². The number of rotatable bonds is 4. The van der Waals surface area contributed by atoms with Gasteiger partial charge < -0.3 is 10.2 Å². The van der Waals surface area contributed by atoms with E-state index in [9.17, 15) is 0 Å². The van der Waals surface area contributed by atoms with Gasteiger partial charge >= 0.3 is 0 Å². The second-order valence-corrected chi connectivity index (χ2v) is 7.23. The molecular formula is C16H26N2S. The second-order valence-electron chi connectivity index (χ2n) is 6.23. The molecule has 1 aromatic heterocycles. The van der Waals surface area contributed by atoms with Crippen molar-refractivity contribution in [2.75, 3.05) is 26.7 Å². The fourth-order valence-corrected chi connectivity index (χ4v) is 4.50. The maximum Gasteiger partial charge on any atom is 0.0331 e. The third-order valence-corrected chi connectivity index (χ3v) is 5.83. The molecule has 0 radical (unpaired) electrons. The van der Waals surface area contributed by atoms with Crippen molar-refractivity contribution >= 4 is 11.3 Å². The monoisotopic (exact) mass is 278 g/mol. The van der Waals surface area contributed by atoms with Crippen LogP contribution in [0.5, 0.6) is 0 Å². The second kappa shape index (κ2) is 6.38. The van der Waals surface area contributed by atoms with Gasteiger partial charge in [-0.2, -0.15) is 0 Å². The number of thiophene rings is 1. The predicted octanol–water partition coefficient (Wildman–Crippen LogP) is 3.45. The molecule has 1 N–H and O–H groups in total. The minimum absolute atomic E-state index is 0.640. The highest BCUT2D eigenvalue weighted by Gasteiger charge is 2.21. The summed E-state index contributed by atoms with van der Waals surface area (Å²) in [5.41, 5.74) is 1.60. The Morgan fingerprint density at radius 1 is 1.32 bits per heavy atom. The highest BCUT2D eigenvalue weighted by molar-refractivity contribution is 7.10. The number of aryl methyl sites for hydroxylation is 1. The quantitative estimate of drug-likeness (QED) is 0.907. The van der Waals surface area contributed by atoms with Crippen molar-refractivity contribution in [2.24, 2.45) is 5.92 Å². The van der Waals surface area contributed by atoms with Crippen molar-refractivity contribution in [2.45, 2.75) is 44.6 Å². The van der Waals surface area contributed by atoms with Crippen LogP contribution >= 0.6 is 11.3 Å². The summed E-state index contributed by atoms with van der Waals surface area (Å²) in [6, 6.07) is 2.98. The number of hydrogen-bond acceptors (Lipinski definition) is 3. The molecule has 1 atom stereocenters. The number of nitrogens with zero attached hydrogens (tertiary/aromatic N) is 1. The van der Waals surface area contributed by atoms with E-state index in [0.29, 0.717) is 6.04 Å². The van der Waals surface area contributed by atoms with Crippen LogP contribution in [0.3, 0.4) is 0 Å². The van der Waals surface area contributed by atoms with Crippen LogP contribution in [0.1, 0.15) is 48.6 Å². The van der Waals surface area contributed by atoms with E-state index < -0.39 is 0 Å². The van der Waals surface area contributed by atoms with Crippen LogP contribution < -0.4 is 5.32 Å². The SMILES string of the molecule is CN1CCC(CCNC2CCCc3sccc32)CC1. The largest absolute Gasteiger partial charge is 0.310 e. The highest BCUT2D eigenvalue weighted by atomic mass is 32.1. The lowest BCUT2D eigenvalue weighted by Gasteiger charge is -2.30. The van der Waals surface area contributed by atoms with Gasteiger partial charge in [-0.25, -0.2) is 0 Å². The molecule has 0 saturated carbocycles. The molecule has 1 aliphatic heterocycles. The third-order valence-electron chi connectivity index (χ3n) is 4.83. The van der Waals surface area contributed by atoms with E-state index in [0.717, 1.165) is 5.92 Å². The number of hydrogen-bond donors (Lipinski definition) is 1. The van der Waals surface area contributed by atoms with Gasteiger partial charge in [-0.05, 0) is 88.1 Å². The van der Waals surface area contributed by atoms with E-state index in [1.165, 1.54) is 58.2 Å². The van der Waals surface area contributed by atoms with Gasteiger partial charge in [0, 0.05) is 10.9 Å². The first kappa shape index (κ1) is 13.6. The molecule has 0 aromatic carbocycles. The summed E-state index contributed by atoms with van der Waals surface area (Å²) >= 11 is 1.95. The van der Waals surface area contributed by atoms with Gasteiger partial charge in [-0.3, -0.25) is 0 Å². The Kier molecular flexibility index (Phi) is 4.57. The molecule has 1 unspecified atom stereocenters. The summed E-state index contributed by atoms with van der Waals surface area (Å²) in [5, 5.41) is 6.08. The van der Waals surface area contributed by atoms with Crippen molar-refractivity contribution < 1.29 is 0 Å². The zero-order valence-corrected chi connectivity index (χ0v) is 12.8. The fraction of sp³-hybridized carbons (Fsp3) is 0.750. The lowest BCUT2D eigenvalue weighted by atomic mass is 9.92. The van der Waals surface area contributed by atoms with Gasteiger partial charge in [0.25, 0.3) is 0 Å². The first-order valence-electron chi connectivity index (χ1n) is 7.81. The Hall–Kier alpha value is -0.380. The van der Waals surface area contributed by atoms with Gasteiger partial charge in [-0.15, -0.1) is 11.3 Å². The highest BCUT2D eigenvalue weighted by Crippen LogP contribution is 2.33. The normalized spacial score (nSPS) is 25.4. The van der Waals surface area contributed by atoms with Crippen molar-refractivity contribution in [1.29, 1.82) is 0 Å². The Morgan fingerprint density at radius 3 is 3.00 bits per heavy atom. The first-order valence-corrected chi connectivity index (χ1v) is 8.69. The molecule has 0 amide bonds. The molecular weight excluding hydrogens is 252 g/mol. The summed E-state index contributed by atoms with van der Waals surface area (Å²) in [6.45, 7) is 3.79. The van der Waals surface area contributed by atoms with Crippen LogP contribution in [0.15, 0.2) is 11.4 Å². The maximum absolute atomic E-state index is 3.82. The number of fused-ring (bicyclic) bond motifs is 1. The smallest absolute Gasteiger partial charge is 0.0331 e. The van der Waals surface area contributed by atoms with Crippen molar-refractivity contribution in [3.8, 4) is 0 Å². The molecule has 1 saturated heterocycles. The lowest BCUT2D eigenvalue weighted by molar-refractivity contribution is 0.210. The molecule has 106 valence electrons. The minimum atomic E-state index is 0.640. The third kappa shape index (κ3) is 3.39. The van der Waals surface area contributed by atoms with Gasteiger partial charge in [0.15, 0.2) is 0 Å². The van der Waals surface area contributed by atoms with E-state index in [1.807, 2.05) is 11.3 Å². The van der Waals surface area contributed by atoms with Gasteiger partial charge in [0.2, 0.25) is 0 Å². The average molecular weight is 278 g/mol. The van der Waals surface area contributed by atoms with Crippen LogP contribution in [-0.4, -0.2) is 31.6 Å². The molecule has 0 bridgehead atoms. The van der Waals surface area contributed by atoms with Crippen molar-refractivity contribution in [1.82, 2.24) is 10.2 Å². The molecule has 19 heavy (non-hydrogen) atoms. The zero-order chi connectivity index (χ0) is 13.1. The van der Waals surface area contributed by atoms with E-state index >= 15 is 0 Å². The van der Waals surface area contributed by atoms with E-state index in [-0.39, 0.29) is 0 Å². The Labute approximate surface area is 121 Å². The van der Waals surface area contributed by atoms with Gasteiger partial charge in [0.05, 0.1) is 0 Å². The number of piperidine rings is 1. The molecule has 2 heterocycles. The zero-order valence-electron chi connectivity index (χ0n) is 12.0. The van der Waals surface area contributed by atoms with E-state index in [2.05, 4.69) is 28.7 Å². The van der Waals surface area contributed by atoms with Crippen molar-refractivity contribution in [3.63, 3.8) is 0 Å². The molecule has 3 rings (SSSR count). The Morgan fingerprint density at radius 2 is 2.16 bits per heavy atom. The molecule has 1 aromatic rings. The minimum Gasteiger partial charge on any atom is -0.310 e. The Bertz CT molecular complexity index is 393. The lowest BCUT2D eigenvalue weighted by Crippen LogP contribution is -2.32. The van der Waals surface area contributed by atoms with Crippen molar-refractivity contribution in [3.05, 3.63) is 21.9 Å². The van der Waals surface area contributed by atoms with Gasteiger partial charge in [-0.1, -0.05) is 0 Å². The summed E-state index contributed by atoms with van der Waals surface area (Å²) in [4.78, 5) is 4.09.